The van der Waals surface area contributed by atoms with Crippen LogP contribution in [0.4, 0.5) is 0 Å². The number of nitrogens with zero attached hydrogens (tertiary/aromatic N) is 3. The summed E-state index contributed by atoms with van der Waals surface area (Å²) in [6.45, 7) is 0. The maximum Gasteiger partial charge on any atom is 0.171 e. The Morgan fingerprint density at radius 2 is 1.03 bits per heavy atom. The molecule has 0 N–H and O–H groups in total. The van der Waals surface area contributed by atoms with Gasteiger partial charge in [0.05, 0.1) is 22.1 Å². The number of hydrogen-bond acceptors (Lipinski definition) is 2. The van der Waals surface area contributed by atoms with Gasteiger partial charge in [0.15, 0.2) is 13.7 Å². The monoisotopic (exact) mass is 761 g/mol. The molecule has 0 radical (unpaired) electrons. The van der Waals surface area contributed by atoms with Gasteiger partial charge >= 0.3 is 0 Å². The SMILES string of the molecule is C1=CCCC([Si](C2=CC=CCC2)(c2ccc(-n3c4ccccc4c4cnccc43)cc2)c2ccc(-n3c4ccccc4c4ccc5c6ccccc6oc5c43)cc2)=C1. The zero-order valence-electron chi connectivity index (χ0n) is 32.0. The Kier molecular flexibility index (Phi) is 7.47. The summed E-state index contributed by atoms with van der Waals surface area (Å²) in [4.78, 5) is 4.49. The summed E-state index contributed by atoms with van der Waals surface area (Å²) in [7, 11) is -2.67. The Morgan fingerprint density at radius 3 is 1.69 bits per heavy atom. The maximum absolute atomic E-state index is 6.69. The van der Waals surface area contributed by atoms with Gasteiger partial charge in [0.25, 0.3) is 0 Å². The van der Waals surface area contributed by atoms with Crippen molar-refractivity contribution >= 4 is 84.0 Å². The van der Waals surface area contributed by atoms with Gasteiger partial charge in [0.2, 0.25) is 0 Å². The third-order valence-electron chi connectivity index (χ3n) is 12.8. The van der Waals surface area contributed by atoms with E-state index in [0.717, 1.165) is 64.5 Å². The molecular formula is C53H39N3OSi. The van der Waals surface area contributed by atoms with Crippen molar-refractivity contribution < 1.29 is 4.42 Å². The summed E-state index contributed by atoms with van der Waals surface area (Å²) in [5, 5.41) is 13.1. The molecule has 0 unspecified atom stereocenters. The van der Waals surface area contributed by atoms with Crippen LogP contribution in [0.1, 0.15) is 25.7 Å². The first-order valence-electron chi connectivity index (χ1n) is 20.4. The molecule has 2 aliphatic rings. The molecule has 0 amide bonds. The molecule has 0 fully saturated rings. The van der Waals surface area contributed by atoms with E-state index < -0.39 is 8.07 Å². The summed E-state index contributed by atoms with van der Waals surface area (Å²) < 4.78 is 11.5. The fourth-order valence-corrected chi connectivity index (χ4v) is 15.6. The predicted octanol–water partition coefficient (Wildman–Crippen LogP) is 12.4. The van der Waals surface area contributed by atoms with Crippen molar-refractivity contribution in [1.29, 1.82) is 0 Å². The number of benzene rings is 6. The molecule has 4 nitrogen and oxygen atoms in total. The normalized spacial score (nSPS) is 14.7. The molecule has 0 spiro atoms. The van der Waals surface area contributed by atoms with Gasteiger partial charge in [-0.15, -0.1) is 0 Å². The number of furan rings is 1. The first-order chi connectivity index (χ1) is 28.8. The van der Waals surface area contributed by atoms with E-state index in [9.17, 15) is 0 Å². The van der Waals surface area contributed by atoms with E-state index in [1.807, 2.05) is 12.4 Å². The van der Waals surface area contributed by atoms with Crippen LogP contribution >= 0.6 is 0 Å². The highest BCUT2D eigenvalue weighted by Gasteiger charge is 2.44. The molecule has 5 heteroatoms. The molecule has 276 valence electrons. The Balaban J connectivity index is 1.07. The van der Waals surface area contributed by atoms with Crippen molar-refractivity contribution in [3.8, 4) is 11.4 Å². The van der Waals surface area contributed by atoms with Crippen molar-refractivity contribution in [3.63, 3.8) is 0 Å². The Morgan fingerprint density at radius 1 is 0.483 bits per heavy atom. The lowest BCUT2D eigenvalue weighted by Gasteiger charge is -2.39. The summed E-state index contributed by atoms with van der Waals surface area (Å²) in [5.74, 6) is 0. The number of hydrogen-bond donors (Lipinski definition) is 0. The highest BCUT2D eigenvalue weighted by Crippen LogP contribution is 2.41. The van der Waals surface area contributed by atoms with Crippen molar-refractivity contribution in [2.24, 2.45) is 0 Å². The molecule has 12 rings (SSSR count). The second-order valence-electron chi connectivity index (χ2n) is 15.7. The van der Waals surface area contributed by atoms with Crippen molar-refractivity contribution in [1.82, 2.24) is 14.1 Å². The molecule has 10 aromatic rings. The number of rotatable bonds is 6. The fraction of sp³-hybridized carbons (Fsp3) is 0.0755. The van der Waals surface area contributed by atoms with E-state index in [1.54, 1.807) is 10.4 Å². The zero-order valence-corrected chi connectivity index (χ0v) is 33.0. The minimum atomic E-state index is -2.67. The molecule has 0 aliphatic heterocycles. The number of para-hydroxylation sites is 3. The molecule has 6 aromatic carbocycles. The van der Waals surface area contributed by atoms with Crippen LogP contribution in [0.25, 0.3) is 76.9 Å². The van der Waals surface area contributed by atoms with E-state index in [4.69, 9.17) is 4.42 Å². The lowest BCUT2D eigenvalue weighted by atomic mass is 10.1. The third kappa shape index (κ3) is 4.77. The van der Waals surface area contributed by atoms with Crippen LogP contribution in [0.2, 0.25) is 0 Å². The third-order valence-corrected chi connectivity index (χ3v) is 17.9. The molecule has 58 heavy (non-hydrogen) atoms. The van der Waals surface area contributed by atoms with Gasteiger partial charge in [-0.05, 0) is 90.7 Å². The summed E-state index contributed by atoms with van der Waals surface area (Å²) in [6, 6.07) is 51.7. The second-order valence-corrected chi connectivity index (χ2v) is 19.6. The van der Waals surface area contributed by atoms with Gasteiger partial charge in [0, 0.05) is 56.1 Å². The van der Waals surface area contributed by atoms with Crippen LogP contribution in [0.15, 0.2) is 203 Å². The highest BCUT2D eigenvalue weighted by molar-refractivity contribution is 7.12. The van der Waals surface area contributed by atoms with Crippen LogP contribution in [0, 0.1) is 0 Å². The van der Waals surface area contributed by atoms with E-state index in [1.165, 1.54) is 48.5 Å². The lowest BCUT2D eigenvalue weighted by molar-refractivity contribution is 0.671. The number of pyridine rings is 1. The number of allylic oxidation sites excluding steroid dienone is 8. The highest BCUT2D eigenvalue weighted by atomic mass is 28.3. The molecule has 4 heterocycles. The second kappa shape index (κ2) is 13.1. The van der Waals surface area contributed by atoms with Gasteiger partial charge in [-0.2, -0.15) is 0 Å². The molecule has 0 bridgehead atoms. The number of aromatic nitrogens is 3. The van der Waals surface area contributed by atoms with E-state index in [2.05, 4.69) is 190 Å². The van der Waals surface area contributed by atoms with E-state index >= 15 is 0 Å². The molecular weight excluding hydrogens is 723 g/mol. The van der Waals surface area contributed by atoms with E-state index in [-0.39, 0.29) is 0 Å². The quantitative estimate of drug-likeness (QED) is 0.158. The Bertz CT molecular complexity index is 3300. The average molecular weight is 762 g/mol. The van der Waals surface area contributed by atoms with Gasteiger partial charge in [0.1, 0.15) is 5.58 Å². The average Bonchev–Trinajstić information content (AvgIpc) is 3.96. The smallest absolute Gasteiger partial charge is 0.171 e. The minimum Gasteiger partial charge on any atom is -0.454 e. The van der Waals surface area contributed by atoms with E-state index in [0.29, 0.717) is 0 Å². The van der Waals surface area contributed by atoms with Crippen molar-refractivity contribution in [3.05, 3.63) is 199 Å². The minimum absolute atomic E-state index is 0.915. The maximum atomic E-state index is 6.69. The topological polar surface area (TPSA) is 35.9 Å². The summed E-state index contributed by atoms with van der Waals surface area (Å²) in [5.41, 5.74) is 8.81. The lowest BCUT2D eigenvalue weighted by Crippen LogP contribution is -2.62. The largest absolute Gasteiger partial charge is 0.454 e. The summed E-state index contributed by atoms with van der Waals surface area (Å²) >= 11 is 0. The fourth-order valence-electron chi connectivity index (χ4n) is 10.3. The van der Waals surface area contributed by atoms with Crippen LogP contribution in [0.3, 0.4) is 0 Å². The molecule has 0 saturated carbocycles. The van der Waals surface area contributed by atoms with Crippen LogP contribution in [-0.2, 0) is 0 Å². The molecule has 0 saturated heterocycles. The Labute approximate surface area is 337 Å². The van der Waals surface area contributed by atoms with Crippen LogP contribution in [0.5, 0.6) is 0 Å². The first-order valence-corrected chi connectivity index (χ1v) is 22.4. The molecule has 2 aliphatic carbocycles. The molecule has 4 aromatic heterocycles. The van der Waals surface area contributed by atoms with Crippen molar-refractivity contribution in [2.45, 2.75) is 25.7 Å². The van der Waals surface area contributed by atoms with Crippen LogP contribution in [-0.4, -0.2) is 22.2 Å². The number of fused-ring (bicyclic) bond motifs is 10. The van der Waals surface area contributed by atoms with Gasteiger partial charge in [-0.3, -0.25) is 4.98 Å². The van der Waals surface area contributed by atoms with Crippen molar-refractivity contribution in [2.75, 3.05) is 0 Å². The van der Waals surface area contributed by atoms with Gasteiger partial charge < -0.3 is 13.6 Å². The first kappa shape index (κ1) is 33.2. The molecule has 0 atom stereocenters. The summed E-state index contributed by atoms with van der Waals surface area (Å²) in [6.07, 6.45) is 22.3. The van der Waals surface area contributed by atoms with Gasteiger partial charge in [-0.25, -0.2) is 0 Å². The Hall–Kier alpha value is -6.95. The van der Waals surface area contributed by atoms with Gasteiger partial charge in [-0.1, -0.05) is 132 Å². The zero-order chi connectivity index (χ0) is 38.2. The predicted molar refractivity (Wildman–Crippen MR) is 245 cm³/mol. The standard InChI is InChI=1S/C53H39N3OSi/c1-3-13-38(14-4-1)58(39-15-5-2-6-16-39,40-27-23-36(24-28-40)55-48-20-10-8-18-43(48)47-35-54-34-33-50(47)55)41-29-25-37(26-30-41)56-49-21-11-7-17-42(49)45-31-32-46-44-19-9-12-22-51(44)57-53(46)52(45)56/h1-3,5,7-13,15,17-35H,4,6,14,16H2. The van der Waals surface area contributed by atoms with Crippen LogP contribution < -0.4 is 10.4 Å².